The summed E-state index contributed by atoms with van der Waals surface area (Å²) in [5.41, 5.74) is 1.91. The van der Waals surface area contributed by atoms with Crippen molar-refractivity contribution in [1.29, 1.82) is 0 Å². The lowest BCUT2D eigenvalue weighted by atomic mass is 10.1. The van der Waals surface area contributed by atoms with Crippen molar-refractivity contribution in [3.63, 3.8) is 0 Å². The molecule has 14 heavy (non-hydrogen) atoms. The highest BCUT2D eigenvalue weighted by atomic mass is 16.3. The molecule has 0 bridgehead atoms. The largest absolute Gasteiger partial charge is 0.273 e. The highest BCUT2D eigenvalue weighted by Gasteiger charge is 2.09. The zero-order chi connectivity index (χ0) is 9.97. The first-order valence-corrected chi connectivity index (χ1v) is 4.23. The summed E-state index contributed by atoms with van der Waals surface area (Å²) in [4.78, 5) is 10.5. The standard InChI is InChI=1S/C10H9N3O/c1-13-7-9(12-14)10(11-13)8-5-3-2-4-6-8/h2-7H,1H3. The van der Waals surface area contributed by atoms with Crippen LogP contribution < -0.4 is 0 Å². The van der Waals surface area contributed by atoms with E-state index in [1.165, 1.54) is 0 Å². The second kappa shape index (κ2) is 3.41. The summed E-state index contributed by atoms with van der Waals surface area (Å²) in [6, 6.07) is 9.52. The molecule has 0 N–H and O–H groups in total. The zero-order valence-electron chi connectivity index (χ0n) is 7.71. The summed E-state index contributed by atoms with van der Waals surface area (Å²) in [7, 11) is 1.76. The van der Waals surface area contributed by atoms with Crippen molar-refractivity contribution in [3.05, 3.63) is 41.4 Å². The van der Waals surface area contributed by atoms with Gasteiger partial charge in [-0.2, -0.15) is 5.10 Å². The normalized spacial score (nSPS) is 10.1. The summed E-state index contributed by atoms with van der Waals surface area (Å²) in [5.74, 6) is 0. The summed E-state index contributed by atoms with van der Waals surface area (Å²) in [6.45, 7) is 0. The highest BCUT2D eigenvalue weighted by Crippen LogP contribution is 2.27. The third kappa shape index (κ3) is 1.42. The smallest absolute Gasteiger partial charge is 0.153 e. The summed E-state index contributed by atoms with van der Waals surface area (Å²) in [6.07, 6.45) is 1.61. The Morgan fingerprint density at radius 1 is 1.29 bits per heavy atom. The molecule has 0 amide bonds. The van der Waals surface area contributed by atoms with Crippen LogP contribution in [0.4, 0.5) is 5.69 Å². The maximum atomic E-state index is 10.5. The molecule has 1 aromatic carbocycles. The molecule has 0 aliphatic rings. The van der Waals surface area contributed by atoms with Gasteiger partial charge >= 0.3 is 0 Å². The minimum absolute atomic E-state index is 0.374. The Kier molecular flexibility index (Phi) is 2.10. The van der Waals surface area contributed by atoms with Crippen LogP contribution in [0.1, 0.15) is 0 Å². The summed E-state index contributed by atoms with van der Waals surface area (Å²) >= 11 is 0. The number of nitroso groups, excluding NO2 is 1. The van der Waals surface area contributed by atoms with Crippen LogP contribution in [-0.4, -0.2) is 9.78 Å². The van der Waals surface area contributed by atoms with Gasteiger partial charge in [-0.1, -0.05) is 30.3 Å². The average molecular weight is 187 g/mol. The van der Waals surface area contributed by atoms with E-state index in [-0.39, 0.29) is 0 Å². The number of rotatable bonds is 2. The fourth-order valence-electron chi connectivity index (χ4n) is 1.34. The molecule has 70 valence electrons. The molecule has 0 spiro atoms. The highest BCUT2D eigenvalue weighted by molar-refractivity contribution is 5.71. The van der Waals surface area contributed by atoms with Crippen LogP contribution in [0.2, 0.25) is 0 Å². The molecule has 0 saturated heterocycles. The van der Waals surface area contributed by atoms with Gasteiger partial charge in [0.2, 0.25) is 0 Å². The van der Waals surface area contributed by atoms with E-state index in [2.05, 4.69) is 10.3 Å². The predicted octanol–water partition coefficient (Wildman–Crippen LogP) is 2.49. The van der Waals surface area contributed by atoms with Crippen molar-refractivity contribution in [3.8, 4) is 11.3 Å². The van der Waals surface area contributed by atoms with Crippen LogP contribution in [0.15, 0.2) is 41.7 Å². The number of hydrogen-bond donors (Lipinski definition) is 0. The Hall–Kier alpha value is -1.97. The quantitative estimate of drug-likeness (QED) is 0.678. The number of aromatic nitrogens is 2. The van der Waals surface area contributed by atoms with Crippen molar-refractivity contribution < 1.29 is 0 Å². The molecule has 0 radical (unpaired) electrons. The maximum absolute atomic E-state index is 10.5. The van der Waals surface area contributed by atoms with Gasteiger partial charge in [-0.25, -0.2) is 0 Å². The molecule has 1 heterocycles. The van der Waals surface area contributed by atoms with E-state index in [1.807, 2.05) is 30.3 Å². The lowest BCUT2D eigenvalue weighted by molar-refractivity contribution is 0.771. The van der Waals surface area contributed by atoms with Gasteiger partial charge in [0.15, 0.2) is 5.69 Å². The molecule has 0 saturated carbocycles. The predicted molar refractivity (Wildman–Crippen MR) is 54.1 cm³/mol. The Balaban J connectivity index is 2.56. The van der Waals surface area contributed by atoms with Crippen LogP contribution in [0.25, 0.3) is 11.3 Å². The van der Waals surface area contributed by atoms with Gasteiger partial charge in [0, 0.05) is 12.6 Å². The minimum Gasteiger partial charge on any atom is -0.273 e. The van der Waals surface area contributed by atoms with Crippen LogP contribution in [-0.2, 0) is 7.05 Å². The molecular weight excluding hydrogens is 178 g/mol. The van der Waals surface area contributed by atoms with Crippen molar-refractivity contribution in [2.24, 2.45) is 12.2 Å². The molecule has 0 atom stereocenters. The molecular formula is C10H9N3O. The molecule has 0 aliphatic carbocycles. The number of nitrogens with zero attached hydrogens (tertiary/aromatic N) is 3. The van der Waals surface area contributed by atoms with Crippen molar-refractivity contribution in [2.75, 3.05) is 0 Å². The van der Waals surface area contributed by atoms with E-state index in [1.54, 1.807) is 17.9 Å². The van der Waals surface area contributed by atoms with Gasteiger partial charge in [-0.15, -0.1) is 4.91 Å². The second-order valence-corrected chi connectivity index (χ2v) is 2.99. The van der Waals surface area contributed by atoms with Crippen molar-refractivity contribution >= 4 is 5.69 Å². The number of benzene rings is 1. The lowest BCUT2D eigenvalue weighted by Gasteiger charge is -1.94. The fraction of sp³-hybridized carbons (Fsp3) is 0.100. The van der Waals surface area contributed by atoms with Gasteiger partial charge < -0.3 is 0 Å². The third-order valence-corrected chi connectivity index (χ3v) is 1.96. The van der Waals surface area contributed by atoms with Crippen LogP contribution in [0.5, 0.6) is 0 Å². The van der Waals surface area contributed by atoms with Crippen molar-refractivity contribution in [1.82, 2.24) is 9.78 Å². The summed E-state index contributed by atoms with van der Waals surface area (Å²) < 4.78 is 1.58. The van der Waals surface area contributed by atoms with E-state index in [9.17, 15) is 4.91 Å². The molecule has 2 aromatic rings. The molecule has 1 aromatic heterocycles. The molecule has 4 heteroatoms. The molecule has 0 unspecified atom stereocenters. The van der Waals surface area contributed by atoms with Crippen LogP contribution in [0.3, 0.4) is 0 Å². The minimum atomic E-state index is 0.374. The van der Waals surface area contributed by atoms with Crippen LogP contribution in [0, 0.1) is 4.91 Å². The first-order chi connectivity index (χ1) is 6.81. The third-order valence-electron chi connectivity index (χ3n) is 1.96. The van der Waals surface area contributed by atoms with Gasteiger partial charge in [0.25, 0.3) is 0 Å². The Labute approximate surface area is 81.2 Å². The molecule has 2 rings (SSSR count). The van der Waals surface area contributed by atoms with Crippen LogP contribution >= 0.6 is 0 Å². The average Bonchev–Trinajstić information content (AvgIpc) is 2.61. The number of aryl methyl sites for hydroxylation is 1. The first kappa shape index (κ1) is 8.62. The van der Waals surface area contributed by atoms with Gasteiger partial charge in [0.05, 0.1) is 6.20 Å². The van der Waals surface area contributed by atoms with E-state index < -0.39 is 0 Å². The molecule has 0 aliphatic heterocycles. The first-order valence-electron chi connectivity index (χ1n) is 4.23. The number of hydrogen-bond acceptors (Lipinski definition) is 3. The molecule has 4 nitrogen and oxygen atoms in total. The van der Waals surface area contributed by atoms with Crippen molar-refractivity contribution in [2.45, 2.75) is 0 Å². The fourth-order valence-corrected chi connectivity index (χ4v) is 1.34. The van der Waals surface area contributed by atoms with Gasteiger partial charge in [-0.05, 0) is 5.18 Å². The maximum Gasteiger partial charge on any atom is 0.153 e. The second-order valence-electron chi connectivity index (χ2n) is 2.99. The zero-order valence-corrected chi connectivity index (χ0v) is 7.71. The van der Waals surface area contributed by atoms with E-state index in [0.29, 0.717) is 11.4 Å². The van der Waals surface area contributed by atoms with E-state index >= 15 is 0 Å². The summed E-state index contributed by atoms with van der Waals surface area (Å²) in [5, 5.41) is 7.11. The Morgan fingerprint density at radius 2 is 2.00 bits per heavy atom. The Bertz CT molecular complexity index is 448. The Morgan fingerprint density at radius 3 is 2.64 bits per heavy atom. The molecule has 0 fully saturated rings. The van der Waals surface area contributed by atoms with Gasteiger partial charge in [-0.3, -0.25) is 4.68 Å². The topological polar surface area (TPSA) is 47.2 Å². The van der Waals surface area contributed by atoms with E-state index in [4.69, 9.17) is 0 Å². The van der Waals surface area contributed by atoms with Gasteiger partial charge in [0.1, 0.15) is 5.69 Å². The lowest BCUT2D eigenvalue weighted by Crippen LogP contribution is -1.87. The SMILES string of the molecule is Cn1cc(N=O)c(-c2ccccc2)n1. The monoisotopic (exact) mass is 187 g/mol. The van der Waals surface area contributed by atoms with E-state index in [0.717, 1.165) is 5.56 Å².